The van der Waals surface area contributed by atoms with Crippen molar-refractivity contribution < 1.29 is 23.1 Å². The summed E-state index contributed by atoms with van der Waals surface area (Å²) in [5.41, 5.74) is 1.66. The maximum absolute atomic E-state index is 14.2. The Bertz CT molecular complexity index is 1370. The van der Waals surface area contributed by atoms with Crippen molar-refractivity contribution in [1.82, 2.24) is 4.90 Å². The highest BCUT2D eigenvalue weighted by Gasteiger charge is 2.29. The fourth-order valence-corrected chi connectivity index (χ4v) is 4.25. The number of para-hydroxylation sites is 1. The van der Waals surface area contributed by atoms with E-state index in [2.05, 4.69) is 10.2 Å². The quantitative estimate of drug-likeness (QED) is 0.451. The van der Waals surface area contributed by atoms with Crippen LogP contribution in [0.5, 0.6) is 5.75 Å². The molecule has 1 aliphatic heterocycles. The van der Waals surface area contributed by atoms with Crippen molar-refractivity contribution in [2.24, 2.45) is 0 Å². The van der Waals surface area contributed by atoms with Crippen LogP contribution in [0.3, 0.4) is 0 Å². The van der Waals surface area contributed by atoms with E-state index in [0.29, 0.717) is 37.1 Å². The smallest absolute Gasteiger partial charge is 0.291 e. The molecule has 0 spiro atoms. The summed E-state index contributed by atoms with van der Waals surface area (Å²) in [5.74, 6) is -0.779. The van der Waals surface area contributed by atoms with E-state index in [-0.39, 0.29) is 22.9 Å². The summed E-state index contributed by atoms with van der Waals surface area (Å²) in [7, 11) is 1.63. The maximum Gasteiger partial charge on any atom is 0.291 e. The molecule has 1 saturated heterocycles. The van der Waals surface area contributed by atoms with E-state index in [4.69, 9.17) is 9.15 Å². The van der Waals surface area contributed by atoms with E-state index in [0.717, 1.165) is 11.4 Å². The first-order valence-electron chi connectivity index (χ1n) is 11.3. The summed E-state index contributed by atoms with van der Waals surface area (Å²) < 4.78 is 25.3. The lowest BCUT2D eigenvalue weighted by Crippen LogP contribution is -2.48. The third-order valence-electron chi connectivity index (χ3n) is 6.15. The molecule has 35 heavy (non-hydrogen) atoms. The zero-order valence-electron chi connectivity index (χ0n) is 19.2. The molecule has 1 fully saturated rings. The van der Waals surface area contributed by atoms with Crippen molar-refractivity contribution >= 4 is 34.2 Å². The number of methoxy groups -OCH3 is 1. The van der Waals surface area contributed by atoms with Crippen LogP contribution in [-0.2, 0) is 0 Å². The van der Waals surface area contributed by atoms with Crippen molar-refractivity contribution in [3.63, 3.8) is 0 Å². The Kier molecular flexibility index (Phi) is 6.10. The van der Waals surface area contributed by atoms with Crippen LogP contribution in [0.15, 0.2) is 77.2 Å². The number of hydrogen-bond acceptors (Lipinski definition) is 5. The molecule has 0 bridgehead atoms. The van der Waals surface area contributed by atoms with E-state index in [1.54, 1.807) is 42.3 Å². The van der Waals surface area contributed by atoms with Gasteiger partial charge in [0.25, 0.3) is 11.8 Å². The van der Waals surface area contributed by atoms with Crippen molar-refractivity contribution in [1.29, 1.82) is 0 Å². The number of carbonyl (C=O) groups is 2. The number of nitrogens with zero attached hydrogens (tertiary/aromatic N) is 2. The number of anilines is 2. The lowest BCUT2D eigenvalue weighted by molar-refractivity contribution is 0.0718. The van der Waals surface area contributed by atoms with Gasteiger partial charge in [-0.25, -0.2) is 4.39 Å². The largest absolute Gasteiger partial charge is 0.497 e. The van der Waals surface area contributed by atoms with Gasteiger partial charge in [0.05, 0.1) is 12.7 Å². The Balaban J connectivity index is 1.37. The van der Waals surface area contributed by atoms with Crippen LogP contribution >= 0.6 is 0 Å². The Labute approximate surface area is 201 Å². The van der Waals surface area contributed by atoms with Gasteiger partial charge in [-0.15, -0.1) is 0 Å². The highest BCUT2D eigenvalue weighted by molar-refractivity contribution is 6.14. The third kappa shape index (κ3) is 4.42. The first kappa shape index (κ1) is 22.5. The Morgan fingerprint density at radius 1 is 0.914 bits per heavy atom. The van der Waals surface area contributed by atoms with Crippen LogP contribution in [-0.4, -0.2) is 50.0 Å². The molecule has 178 valence electrons. The summed E-state index contributed by atoms with van der Waals surface area (Å²) in [6.07, 6.45) is 0. The number of piperazine rings is 1. The molecule has 4 aromatic rings. The van der Waals surface area contributed by atoms with Crippen molar-refractivity contribution in [2.75, 3.05) is 43.5 Å². The van der Waals surface area contributed by atoms with Crippen LogP contribution in [0.1, 0.15) is 20.9 Å². The highest BCUT2D eigenvalue weighted by Crippen LogP contribution is 2.33. The fraction of sp³-hybridized carbons (Fsp3) is 0.185. The minimum Gasteiger partial charge on any atom is -0.497 e. The van der Waals surface area contributed by atoms with Gasteiger partial charge in [-0.1, -0.05) is 24.3 Å². The number of fused-ring (bicyclic) bond motifs is 1. The highest BCUT2D eigenvalue weighted by atomic mass is 19.1. The zero-order chi connectivity index (χ0) is 24.4. The molecule has 5 rings (SSSR count). The number of ether oxygens (including phenoxy) is 1. The number of amides is 2. The predicted molar refractivity (Wildman–Crippen MR) is 132 cm³/mol. The second-order valence-electron chi connectivity index (χ2n) is 8.21. The average Bonchev–Trinajstić information content (AvgIpc) is 3.27. The first-order chi connectivity index (χ1) is 17.0. The summed E-state index contributed by atoms with van der Waals surface area (Å²) in [6, 6.07) is 20.6. The lowest BCUT2D eigenvalue weighted by atomic mass is 10.1. The van der Waals surface area contributed by atoms with Gasteiger partial charge in [0, 0.05) is 37.3 Å². The first-order valence-corrected chi connectivity index (χ1v) is 11.3. The van der Waals surface area contributed by atoms with Crippen LogP contribution in [0.2, 0.25) is 0 Å². The van der Waals surface area contributed by atoms with Gasteiger partial charge >= 0.3 is 0 Å². The molecule has 2 amide bonds. The standard InChI is InChI=1S/C27H24FN3O4/c1-34-19-12-10-18(11-13-19)30-14-16-31(17-15-30)27(33)25-24(21-7-3-5-9-23(21)35-25)29-26(32)20-6-2-4-8-22(20)28/h2-13H,14-17H2,1H3,(H,29,32). The zero-order valence-corrected chi connectivity index (χ0v) is 19.2. The van der Waals surface area contributed by atoms with E-state index in [1.807, 2.05) is 24.3 Å². The number of hydrogen-bond donors (Lipinski definition) is 1. The van der Waals surface area contributed by atoms with Crippen molar-refractivity contribution in [3.05, 3.63) is 89.9 Å². The summed E-state index contributed by atoms with van der Waals surface area (Å²) >= 11 is 0. The number of benzene rings is 3. The van der Waals surface area contributed by atoms with Gasteiger partial charge in [-0.3, -0.25) is 9.59 Å². The second kappa shape index (κ2) is 9.50. The number of nitrogens with one attached hydrogen (secondary N) is 1. The molecule has 1 aromatic heterocycles. The molecular weight excluding hydrogens is 449 g/mol. The second-order valence-corrected chi connectivity index (χ2v) is 8.21. The van der Waals surface area contributed by atoms with Gasteiger partial charge in [-0.2, -0.15) is 0 Å². The minimum atomic E-state index is -0.645. The lowest BCUT2D eigenvalue weighted by Gasteiger charge is -2.35. The molecule has 0 aliphatic carbocycles. The Morgan fingerprint density at radius 3 is 2.31 bits per heavy atom. The van der Waals surface area contributed by atoms with Crippen LogP contribution in [0.25, 0.3) is 11.0 Å². The average molecular weight is 474 g/mol. The van der Waals surface area contributed by atoms with Gasteiger partial charge in [0.1, 0.15) is 22.8 Å². The van der Waals surface area contributed by atoms with Crippen molar-refractivity contribution in [2.45, 2.75) is 0 Å². The third-order valence-corrected chi connectivity index (χ3v) is 6.15. The maximum atomic E-state index is 14.2. The number of furan rings is 1. The van der Waals surface area contributed by atoms with Gasteiger partial charge in [-0.05, 0) is 48.5 Å². The fourth-order valence-electron chi connectivity index (χ4n) is 4.25. The van der Waals surface area contributed by atoms with Gasteiger partial charge in [0.15, 0.2) is 0 Å². The monoisotopic (exact) mass is 473 g/mol. The molecular formula is C27H24FN3O4. The Hall–Kier alpha value is -4.33. The summed E-state index contributed by atoms with van der Waals surface area (Å²) in [5, 5.41) is 3.29. The van der Waals surface area contributed by atoms with Crippen molar-refractivity contribution in [3.8, 4) is 5.75 Å². The number of halogens is 1. The van der Waals surface area contributed by atoms with Crippen LogP contribution in [0.4, 0.5) is 15.8 Å². The predicted octanol–water partition coefficient (Wildman–Crippen LogP) is 4.80. The summed E-state index contributed by atoms with van der Waals surface area (Å²) in [4.78, 5) is 30.2. The van der Waals surface area contributed by atoms with E-state index >= 15 is 0 Å². The number of rotatable bonds is 5. The van der Waals surface area contributed by atoms with E-state index < -0.39 is 11.7 Å². The Morgan fingerprint density at radius 2 is 1.60 bits per heavy atom. The van der Waals surface area contributed by atoms with E-state index in [9.17, 15) is 14.0 Å². The topological polar surface area (TPSA) is 75.0 Å². The molecule has 0 atom stereocenters. The molecule has 1 aliphatic rings. The minimum absolute atomic E-state index is 0.0359. The number of carbonyl (C=O) groups excluding carboxylic acids is 2. The molecule has 8 heteroatoms. The SMILES string of the molecule is COc1ccc(N2CCN(C(=O)c3oc4ccccc4c3NC(=O)c3ccccc3F)CC2)cc1. The molecule has 3 aromatic carbocycles. The van der Waals surface area contributed by atoms with Gasteiger partial charge in [0.2, 0.25) is 5.76 Å². The molecule has 1 N–H and O–H groups in total. The molecule has 2 heterocycles. The normalized spacial score (nSPS) is 13.7. The molecule has 0 saturated carbocycles. The van der Waals surface area contributed by atoms with Crippen LogP contribution in [0, 0.1) is 5.82 Å². The van der Waals surface area contributed by atoms with Crippen LogP contribution < -0.4 is 15.0 Å². The molecule has 7 nitrogen and oxygen atoms in total. The molecule has 0 radical (unpaired) electrons. The molecule has 0 unspecified atom stereocenters. The van der Waals surface area contributed by atoms with Gasteiger partial charge < -0.3 is 24.3 Å². The van der Waals surface area contributed by atoms with E-state index in [1.165, 1.54) is 18.2 Å². The summed E-state index contributed by atoms with van der Waals surface area (Å²) in [6.45, 7) is 2.27.